The number of amides is 1. The van der Waals surface area contributed by atoms with Gasteiger partial charge in [-0.2, -0.15) is 0 Å². The van der Waals surface area contributed by atoms with Crippen LogP contribution in [0, 0.1) is 0 Å². The van der Waals surface area contributed by atoms with E-state index in [-0.39, 0.29) is 18.1 Å². The molecule has 0 radical (unpaired) electrons. The summed E-state index contributed by atoms with van der Waals surface area (Å²) in [7, 11) is 0. The molecule has 0 aromatic carbocycles. The van der Waals surface area contributed by atoms with Crippen molar-refractivity contribution in [1.82, 2.24) is 4.90 Å². The molecule has 0 aromatic heterocycles. The summed E-state index contributed by atoms with van der Waals surface area (Å²) in [5.41, 5.74) is 0.215. The summed E-state index contributed by atoms with van der Waals surface area (Å²) in [4.78, 5) is 24.6. The summed E-state index contributed by atoms with van der Waals surface area (Å²) in [5.74, 6) is -0.632. The predicted molar refractivity (Wildman–Crippen MR) is 49.5 cm³/mol. The smallest absolute Gasteiger partial charge is 0.343 e. The molecule has 1 saturated heterocycles. The van der Waals surface area contributed by atoms with Gasteiger partial charge in [-0.15, -0.1) is 0 Å². The van der Waals surface area contributed by atoms with Gasteiger partial charge < -0.3 is 9.64 Å². The van der Waals surface area contributed by atoms with E-state index < -0.39 is 5.97 Å². The molecule has 2 aliphatic rings. The van der Waals surface area contributed by atoms with Crippen LogP contribution in [0.5, 0.6) is 0 Å². The second-order valence-corrected chi connectivity index (χ2v) is 3.57. The highest BCUT2D eigenvalue weighted by molar-refractivity contribution is 6.17. The van der Waals surface area contributed by atoms with Crippen molar-refractivity contribution in [2.75, 3.05) is 19.7 Å². The molecule has 0 atom stereocenters. The standard InChI is InChI=1S/C10H13NO3/c12-9(8-4-7-14-10(8)13)11-5-2-1-3-6-11/h4H,1-3,5-7H2. The van der Waals surface area contributed by atoms with Crippen molar-refractivity contribution in [2.24, 2.45) is 0 Å². The molecule has 1 amide bonds. The van der Waals surface area contributed by atoms with Crippen molar-refractivity contribution < 1.29 is 14.3 Å². The first-order valence-corrected chi connectivity index (χ1v) is 4.95. The molecule has 14 heavy (non-hydrogen) atoms. The van der Waals surface area contributed by atoms with E-state index in [0.717, 1.165) is 25.9 Å². The molecule has 76 valence electrons. The maximum absolute atomic E-state index is 11.8. The van der Waals surface area contributed by atoms with Crippen molar-refractivity contribution in [3.8, 4) is 0 Å². The van der Waals surface area contributed by atoms with E-state index in [9.17, 15) is 9.59 Å². The van der Waals surface area contributed by atoms with Crippen LogP contribution >= 0.6 is 0 Å². The number of likely N-dealkylation sites (tertiary alicyclic amines) is 1. The van der Waals surface area contributed by atoms with Gasteiger partial charge in [-0.1, -0.05) is 0 Å². The molecule has 2 rings (SSSR count). The van der Waals surface area contributed by atoms with Crippen LogP contribution in [-0.4, -0.2) is 36.5 Å². The highest BCUT2D eigenvalue weighted by atomic mass is 16.5. The van der Waals surface area contributed by atoms with Gasteiger partial charge in [-0.3, -0.25) is 4.79 Å². The zero-order valence-electron chi connectivity index (χ0n) is 7.99. The van der Waals surface area contributed by atoms with Crippen molar-refractivity contribution in [2.45, 2.75) is 19.3 Å². The summed E-state index contributed by atoms with van der Waals surface area (Å²) in [5, 5.41) is 0. The Morgan fingerprint density at radius 2 is 2.00 bits per heavy atom. The van der Waals surface area contributed by atoms with Gasteiger partial charge >= 0.3 is 5.97 Å². The SMILES string of the molecule is O=C1OCC=C1C(=O)N1CCCCC1. The Balaban J connectivity index is 2.03. The van der Waals surface area contributed by atoms with Crippen LogP contribution in [0.3, 0.4) is 0 Å². The number of hydrogen-bond acceptors (Lipinski definition) is 3. The molecule has 0 aromatic rings. The number of esters is 1. The van der Waals surface area contributed by atoms with Crippen molar-refractivity contribution in [3.05, 3.63) is 11.6 Å². The Kier molecular flexibility index (Phi) is 2.52. The molecule has 0 bridgehead atoms. The summed E-state index contributed by atoms with van der Waals surface area (Å²) < 4.78 is 4.70. The third-order valence-corrected chi connectivity index (χ3v) is 2.60. The molecule has 0 N–H and O–H groups in total. The number of piperidine rings is 1. The molecular weight excluding hydrogens is 182 g/mol. The second-order valence-electron chi connectivity index (χ2n) is 3.57. The van der Waals surface area contributed by atoms with E-state index >= 15 is 0 Å². The van der Waals surface area contributed by atoms with Crippen molar-refractivity contribution in [1.29, 1.82) is 0 Å². The predicted octanol–water partition coefficient (Wildman–Crippen LogP) is 0.482. The Morgan fingerprint density at radius 3 is 2.57 bits per heavy atom. The monoisotopic (exact) mass is 195 g/mol. The van der Waals surface area contributed by atoms with Gasteiger partial charge in [-0.05, 0) is 25.3 Å². The van der Waals surface area contributed by atoms with Crippen molar-refractivity contribution in [3.63, 3.8) is 0 Å². The van der Waals surface area contributed by atoms with Crippen LogP contribution in [-0.2, 0) is 14.3 Å². The molecular formula is C10H13NO3. The number of rotatable bonds is 1. The maximum atomic E-state index is 11.8. The molecule has 4 nitrogen and oxygen atoms in total. The molecule has 0 aliphatic carbocycles. The van der Waals surface area contributed by atoms with Crippen LogP contribution in [0.25, 0.3) is 0 Å². The van der Waals surface area contributed by atoms with Gasteiger partial charge in [0.2, 0.25) is 0 Å². The number of ether oxygens (including phenoxy) is 1. The Bertz CT molecular complexity index is 290. The zero-order valence-corrected chi connectivity index (χ0v) is 7.99. The van der Waals surface area contributed by atoms with Crippen LogP contribution in [0.1, 0.15) is 19.3 Å². The Hall–Kier alpha value is -1.32. The lowest BCUT2D eigenvalue weighted by Gasteiger charge is -2.26. The fourth-order valence-electron chi connectivity index (χ4n) is 1.80. The zero-order chi connectivity index (χ0) is 9.97. The second kappa shape index (κ2) is 3.82. The van der Waals surface area contributed by atoms with Crippen LogP contribution in [0.15, 0.2) is 11.6 Å². The molecule has 2 heterocycles. The number of carbonyl (C=O) groups is 2. The van der Waals surface area contributed by atoms with Crippen LogP contribution in [0.2, 0.25) is 0 Å². The lowest BCUT2D eigenvalue weighted by Crippen LogP contribution is -2.37. The third-order valence-electron chi connectivity index (χ3n) is 2.60. The van der Waals surface area contributed by atoms with Gasteiger partial charge in [0.1, 0.15) is 12.2 Å². The quantitative estimate of drug-likeness (QED) is 0.451. The third kappa shape index (κ3) is 1.64. The number of hydrogen-bond donors (Lipinski definition) is 0. The van der Waals surface area contributed by atoms with Crippen LogP contribution < -0.4 is 0 Å². The normalized spacial score (nSPS) is 21.9. The largest absolute Gasteiger partial charge is 0.458 e. The van der Waals surface area contributed by atoms with Gasteiger partial charge in [0, 0.05) is 13.1 Å². The maximum Gasteiger partial charge on any atom is 0.343 e. The minimum atomic E-state index is -0.472. The molecule has 0 spiro atoms. The fourth-order valence-corrected chi connectivity index (χ4v) is 1.80. The van der Waals surface area contributed by atoms with E-state index in [1.165, 1.54) is 6.42 Å². The topological polar surface area (TPSA) is 46.6 Å². The van der Waals surface area contributed by atoms with Crippen LogP contribution in [0.4, 0.5) is 0 Å². The average molecular weight is 195 g/mol. The van der Waals surface area contributed by atoms with E-state index in [2.05, 4.69) is 0 Å². The summed E-state index contributed by atoms with van der Waals surface area (Å²) in [6.45, 7) is 1.78. The number of cyclic esters (lactones) is 1. The molecule has 2 aliphatic heterocycles. The summed E-state index contributed by atoms with van der Waals surface area (Å²) >= 11 is 0. The lowest BCUT2D eigenvalue weighted by molar-refractivity contribution is -0.139. The highest BCUT2D eigenvalue weighted by Crippen LogP contribution is 2.15. The van der Waals surface area contributed by atoms with E-state index in [0.29, 0.717) is 0 Å². The first kappa shape index (κ1) is 9.24. The fraction of sp³-hybridized carbons (Fsp3) is 0.600. The average Bonchev–Trinajstić information content (AvgIpc) is 2.65. The molecule has 1 fully saturated rings. The summed E-state index contributed by atoms with van der Waals surface area (Å²) in [6, 6.07) is 0. The van der Waals surface area contributed by atoms with Gasteiger partial charge in [0.05, 0.1) is 0 Å². The summed E-state index contributed by atoms with van der Waals surface area (Å²) in [6.07, 6.45) is 4.81. The molecule has 4 heteroatoms. The number of carbonyl (C=O) groups excluding carboxylic acids is 2. The van der Waals surface area contributed by atoms with Gasteiger partial charge in [-0.25, -0.2) is 4.79 Å². The van der Waals surface area contributed by atoms with E-state index in [1.54, 1.807) is 11.0 Å². The van der Waals surface area contributed by atoms with Crippen molar-refractivity contribution >= 4 is 11.9 Å². The van der Waals surface area contributed by atoms with Gasteiger partial charge in [0.15, 0.2) is 0 Å². The minimum Gasteiger partial charge on any atom is -0.458 e. The Labute approximate surface area is 82.5 Å². The van der Waals surface area contributed by atoms with E-state index in [4.69, 9.17) is 4.74 Å². The first-order valence-electron chi connectivity index (χ1n) is 4.95. The first-order chi connectivity index (χ1) is 6.79. The highest BCUT2D eigenvalue weighted by Gasteiger charge is 2.28. The lowest BCUT2D eigenvalue weighted by atomic mass is 10.1. The van der Waals surface area contributed by atoms with Gasteiger partial charge in [0.25, 0.3) is 5.91 Å². The number of nitrogens with zero attached hydrogens (tertiary/aromatic N) is 1. The molecule has 0 saturated carbocycles. The van der Waals surface area contributed by atoms with E-state index in [1.807, 2.05) is 0 Å². The molecule has 0 unspecified atom stereocenters. The Morgan fingerprint density at radius 1 is 1.29 bits per heavy atom. The minimum absolute atomic E-state index is 0.160.